The van der Waals surface area contributed by atoms with Crippen LogP contribution in [0.3, 0.4) is 0 Å². The summed E-state index contributed by atoms with van der Waals surface area (Å²) in [5, 5.41) is 26.3. The lowest BCUT2D eigenvalue weighted by atomic mass is 9.96. The Hall–Kier alpha value is -2.49. The molecular formula is C18H25N9O. The molecule has 0 amide bonds. The summed E-state index contributed by atoms with van der Waals surface area (Å²) < 4.78 is 2.00. The van der Waals surface area contributed by atoms with Gasteiger partial charge in [0, 0.05) is 24.4 Å². The molecule has 0 bridgehead atoms. The molecule has 2 aliphatic heterocycles. The van der Waals surface area contributed by atoms with E-state index in [0.29, 0.717) is 19.0 Å². The smallest absolute Gasteiger partial charge is 0.215 e. The summed E-state index contributed by atoms with van der Waals surface area (Å²) in [5.41, 5.74) is 0.676. The number of fused-ring (bicyclic) bond motifs is 1. The normalized spacial score (nSPS) is 24.0. The van der Waals surface area contributed by atoms with Crippen molar-refractivity contribution >= 4 is 17.0 Å². The average molecular weight is 383 g/mol. The van der Waals surface area contributed by atoms with Crippen LogP contribution in [0.2, 0.25) is 0 Å². The first kappa shape index (κ1) is 17.6. The van der Waals surface area contributed by atoms with Gasteiger partial charge in [0.2, 0.25) is 5.66 Å². The summed E-state index contributed by atoms with van der Waals surface area (Å²) in [6.07, 6.45) is 4.37. The lowest BCUT2D eigenvalue weighted by molar-refractivity contribution is 0.198. The van der Waals surface area contributed by atoms with E-state index in [9.17, 15) is 5.11 Å². The standard InChI is InChI=1S/C18H25N9O/c1-17(2,3)16-20-14(26-7-6-12(28)8-26)13-15(21-16)27(10-19-13)9-18(11-4-5-11)22-24-25-23-18/h10-12,28H,4-9H2,1-3H3/t12-/m0/s1. The van der Waals surface area contributed by atoms with E-state index in [1.807, 2.05) is 4.57 Å². The van der Waals surface area contributed by atoms with Crippen molar-refractivity contribution in [2.24, 2.45) is 26.6 Å². The molecule has 5 rings (SSSR count). The second kappa shape index (κ2) is 6.00. The molecule has 148 valence electrons. The highest BCUT2D eigenvalue weighted by atomic mass is 16.3. The predicted octanol–water partition coefficient (Wildman–Crippen LogP) is 2.63. The third kappa shape index (κ3) is 2.86. The molecule has 10 nitrogen and oxygen atoms in total. The van der Waals surface area contributed by atoms with Gasteiger partial charge in [-0.1, -0.05) is 20.8 Å². The number of imidazole rings is 1. The molecule has 0 spiro atoms. The quantitative estimate of drug-likeness (QED) is 0.871. The molecule has 3 aliphatic rings. The van der Waals surface area contributed by atoms with Crippen molar-refractivity contribution in [2.75, 3.05) is 18.0 Å². The van der Waals surface area contributed by atoms with E-state index in [0.717, 1.165) is 48.6 Å². The van der Waals surface area contributed by atoms with E-state index in [4.69, 9.17) is 9.97 Å². The average Bonchev–Trinajstić information content (AvgIpc) is 3.07. The van der Waals surface area contributed by atoms with Gasteiger partial charge >= 0.3 is 0 Å². The number of aromatic nitrogens is 4. The van der Waals surface area contributed by atoms with Gasteiger partial charge in [0.05, 0.1) is 19.0 Å². The molecule has 2 aromatic rings. The van der Waals surface area contributed by atoms with Crippen molar-refractivity contribution in [3.05, 3.63) is 12.2 Å². The maximum Gasteiger partial charge on any atom is 0.215 e. The van der Waals surface area contributed by atoms with Crippen molar-refractivity contribution in [1.29, 1.82) is 0 Å². The fraction of sp³-hybridized carbons (Fsp3) is 0.722. The molecule has 1 N–H and O–H groups in total. The fourth-order valence-corrected chi connectivity index (χ4v) is 3.90. The molecule has 28 heavy (non-hydrogen) atoms. The first-order valence-corrected chi connectivity index (χ1v) is 9.86. The second-order valence-electron chi connectivity index (χ2n) is 9.09. The van der Waals surface area contributed by atoms with Gasteiger partial charge in [-0.2, -0.15) is 0 Å². The van der Waals surface area contributed by atoms with E-state index in [1.54, 1.807) is 6.33 Å². The second-order valence-corrected chi connectivity index (χ2v) is 9.09. The van der Waals surface area contributed by atoms with Gasteiger partial charge in [-0.15, -0.1) is 10.2 Å². The van der Waals surface area contributed by atoms with Crippen molar-refractivity contribution in [3.8, 4) is 0 Å². The summed E-state index contributed by atoms with van der Waals surface area (Å²) in [5.74, 6) is 1.92. The topological polar surface area (TPSA) is 117 Å². The van der Waals surface area contributed by atoms with Crippen LogP contribution >= 0.6 is 0 Å². The Labute approximate surface area is 162 Å². The largest absolute Gasteiger partial charge is 0.391 e. The van der Waals surface area contributed by atoms with Crippen molar-refractivity contribution in [1.82, 2.24) is 19.5 Å². The number of aliphatic hydroxyl groups is 1. The van der Waals surface area contributed by atoms with Gasteiger partial charge < -0.3 is 14.6 Å². The molecular weight excluding hydrogens is 358 g/mol. The van der Waals surface area contributed by atoms with Crippen LogP contribution in [0.5, 0.6) is 0 Å². The van der Waals surface area contributed by atoms with Crippen LogP contribution in [0.1, 0.15) is 45.9 Å². The highest BCUT2D eigenvalue weighted by molar-refractivity contribution is 5.84. The minimum Gasteiger partial charge on any atom is -0.391 e. The summed E-state index contributed by atoms with van der Waals surface area (Å²) in [6, 6.07) is 0. The van der Waals surface area contributed by atoms with Crippen LogP contribution < -0.4 is 4.90 Å². The molecule has 10 heteroatoms. The first-order chi connectivity index (χ1) is 13.4. The predicted molar refractivity (Wildman–Crippen MR) is 102 cm³/mol. The van der Waals surface area contributed by atoms with E-state index in [2.05, 4.69) is 51.3 Å². The van der Waals surface area contributed by atoms with Crippen LogP contribution in [0.4, 0.5) is 5.82 Å². The minimum atomic E-state index is -0.634. The number of β-amino-alcohol motifs (C(OH)–C–C–N with tert-alkyl or cyclic N) is 1. The number of rotatable bonds is 4. The Morgan fingerprint density at radius 2 is 1.89 bits per heavy atom. The van der Waals surface area contributed by atoms with Gasteiger partial charge in [0.1, 0.15) is 5.82 Å². The van der Waals surface area contributed by atoms with Crippen LogP contribution in [-0.4, -0.2) is 49.5 Å². The Morgan fingerprint density at radius 1 is 1.14 bits per heavy atom. The van der Waals surface area contributed by atoms with Gasteiger partial charge in [0.15, 0.2) is 17.0 Å². The van der Waals surface area contributed by atoms with Crippen LogP contribution in [0.15, 0.2) is 27.0 Å². The first-order valence-electron chi connectivity index (χ1n) is 9.86. The molecule has 1 saturated carbocycles. The van der Waals surface area contributed by atoms with Crippen LogP contribution in [0, 0.1) is 5.92 Å². The summed E-state index contributed by atoms with van der Waals surface area (Å²) in [6.45, 7) is 8.15. The van der Waals surface area contributed by atoms with Gasteiger partial charge in [-0.3, -0.25) is 0 Å². The fourth-order valence-electron chi connectivity index (χ4n) is 3.90. The molecule has 1 atom stereocenters. The summed E-state index contributed by atoms with van der Waals surface area (Å²) in [7, 11) is 0. The third-order valence-corrected chi connectivity index (χ3v) is 5.69. The number of aliphatic hydroxyl groups excluding tert-OH is 1. The maximum absolute atomic E-state index is 10.0. The number of hydrogen-bond donors (Lipinski definition) is 1. The Morgan fingerprint density at radius 3 is 2.50 bits per heavy atom. The highest BCUT2D eigenvalue weighted by Gasteiger charge is 2.49. The monoisotopic (exact) mass is 383 g/mol. The third-order valence-electron chi connectivity index (χ3n) is 5.69. The SMILES string of the molecule is CC(C)(C)c1nc(N2CC[C@H](O)C2)c2ncn(CC3(C4CC4)N=NN=N3)c2n1. The van der Waals surface area contributed by atoms with Gasteiger partial charge in [-0.25, -0.2) is 15.0 Å². The zero-order valence-corrected chi connectivity index (χ0v) is 16.4. The Balaban J connectivity index is 1.61. The van der Waals surface area contributed by atoms with E-state index >= 15 is 0 Å². The van der Waals surface area contributed by atoms with E-state index < -0.39 is 5.66 Å². The zero-order valence-electron chi connectivity index (χ0n) is 16.4. The highest BCUT2D eigenvalue weighted by Crippen LogP contribution is 2.46. The zero-order chi connectivity index (χ0) is 19.5. The molecule has 0 radical (unpaired) electrons. The molecule has 1 aliphatic carbocycles. The van der Waals surface area contributed by atoms with E-state index in [-0.39, 0.29) is 11.5 Å². The van der Waals surface area contributed by atoms with Crippen molar-refractivity contribution in [2.45, 2.75) is 63.8 Å². The Kier molecular flexibility index (Phi) is 3.77. The van der Waals surface area contributed by atoms with Crippen LogP contribution in [-0.2, 0) is 12.0 Å². The summed E-state index contributed by atoms with van der Waals surface area (Å²) >= 11 is 0. The number of nitrogens with zero attached hydrogens (tertiary/aromatic N) is 9. The molecule has 4 heterocycles. The summed E-state index contributed by atoms with van der Waals surface area (Å²) in [4.78, 5) is 16.4. The molecule has 0 unspecified atom stereocenters. The molecule has 2 fully saturated rings. The Bertz CT molecular complexity index is 957. The van der Waals surface area contributed by atoms with Crippen LogP contribution in [0.25, 0.3) is 11.2 Å². The lowest BCUT2D eigenvalue weighted by Gasteiger charge is -2.23. The number of hydrogen-bond acceptors (Lipinski definition) is 9. The van der Waals surface area contributed by atoms with E-state index in [1.165, 1.54) is 0 Å². The van der Waals surface area contributed by atoms with Gasteiger partial charge in [-0.05, 0) is 29.7 Å². The molecule has 1 saturated heterocycles. The van der Waals surface area contributed by atoms with Crippen molar-refractivity contribution < 1.29 is 5.11 Å². The number of anilines is 1. The minimum absolute atomic E-state index is 0.211. The van der Waals surface area contributed by atoms with Crippen molar-refractivity contribution in [3.63, 3.8) is 0 Å². The maximum atomic E-state index is 10.0. The van der Waals surface area contributed by atoms with Gasteiger partial charge in [0.25, 0.3) is 0 Å². The molecule has 2 aromatic heterocycles. The molecule has 0 aromatic carbocycles. The lowest BCUT2D eigenvalue weighted by Crippen LogP contribution is -2.31.